The molecule has 0 N–H and O–H groups in total. The molecule has 2 nitrogen and oxygen atoms in total. The number of hydrogen-bond donors (Lipinski definition) is 0. The molecule has 0 saturated carbocycles. The van der Waals surface area contributed by atoms with E-state index in [0.29, 0.717) is 5.78 Å². The van der Waals surface area contributed by atoms with Crippen LogP contribution in [0.3, 0.4) is 0 Å². The van der Waals surface area contributed by atoms with E-state index < -0.39 is 0 Å². The maximum atomic E-state index is 11.0. The number of nitrogens with zero attached hydrogens (tertiary/aromatic N) is 1. The Labute approximate surface area is 96.7 Å². The third kappa shape index (κ3) is 3.65. The lowest BCUT2D eigenvalue weighted by molar-refractivity contribution is -0.121. The molecule has 82 valence electrons. The van der Waals surface area contributed by atoms with E-state index in [9.17, 15) is 4.79 Å². The SMILES string of the molecule is Cl.O=C1CCN(Cc2ccccc2)CC1. The Hall–Kier alpha value is -0.860. The minimum atomic E-state index is 0. The molecule has 3 heteroatoms. The molecule has 0 radical (unpaired) electrons. The van der Waals surface area contributed by atoms with Crippen molar-refractivity contribution >= 4 is 18.2 Å². The Morgan fingerprint density at radius 1 is 1.07 bits per heavy atom. The second-order valence-corrected chi connectivity index (χ2v) is 3.80. The van der Waals surface area contributed by atoms with Gasteiger partial charge in [-0.15, -0.1) is 12.4 Å². The van der Waals surface area contributed by atoms with Gasteiger partial charge in [0.2, 0.25) is 0 Å². The molecule has 0 atom stereocenters. The van der Waals surface area contributed by atoms with Gasteiger partial charge >= 0.3 is 0 Å². The smallest absolute Gasteiger partial charge is 0.135 e. The lowest BCUT2D eigenvalue weighted by Crippen LogP contribution is -2.33. The normalized spacial score (nSPS) is 17.2. The lowest BCUT2D eigenvalue weighted by atomic mass is 10.1. The van der Waals surface area contributed by atoms with Crippen LogP contribution in [0.15, 0.2) is 30.3 Å². The molecule has 1 aliphatic heterocycles. The first-order valence-electron chi connectivity index (χ1n) is 5.12. The van der Waals surface area contributed by atoms with Gasteiger partial charge in [0.25, 0.3) is 0 Å². The van der Waals surface area contributed by atoms with Crippen LogP contribution in [-0.4, -0.2) is 23.8 Å². The molecular weight excluding hydrogens is 210 g/mol. The highest BCUT2D eigenvalue weighted by Gasteiger charge is 2.15. The van der Waals surface area contributed by atoms with Crippen molar-refractivity contribution in [2.45, 2.75) is 19.4 Å². The highest BCUT2D eigenvalue weighted by molar-refractivity contribution is 5.85. The summed E-state index contributed by atoms with van der Waals surface area (Å²) in [6.45, 7) is 2.83. The molecule has 1 heterocycles. The number of benzene rings is 1. The van der Waals surface area contributed by atoms with Crippen molar-refractivity contribution in [2.75, 3.05) is 13.1 Å². The fraction of sp³-hybridized carbons (Fsp3) is 0.417. The lowest BCUT2D eigenvalue weighted by Gasteiger charge is -2.25. The highest BCUT2D eigenvalue weighted by Crippen LogP contribution is 2.10. The van der Waals surface area contributed by atoms with E-state index in [1.54, 1.807) is 0 Å². The predicted octanol–water partition coefficient (Wildman–Crippen LogP) is 2.27. The topological polar surface area (TPSA) is 20.3 Å². The minimum Gasteiger partial charge on any atom is -0.300 e. The Balaban J connectivity index is 0.00000112. The number of carbonyl (C=O) groups is 1. The van der Waals surface area contributed by atoms with Gasteiger partial charge in [-0.3, -0.25) is 9.69 Å². The van der Waals surface area contributed by atoms with Crippen molar-refractivity contribution < 1.29 is 4.79 Å². The molecule has 0 spiro atoms. The number of Topliss-reactive ketones (excluding diaryl/α,β-unsaturated/α-hetero) is 1. The predicted molar refractivity (Wildman–Crippen MR) is 63.2 cm³/mol. The largest absolute Gasteiger partial charge is 0.300 e. The highest BCUT2D eigenvalue weighted by atomic mass is 35.5. The average molecular weight is 226 g/mol. The van der Waals surface area contributed by atoms with Crippen molar-refractivity contribution in [1.29, 1.82) is 0 Å². The fourth-order valence-corrected chi connectivity index (χ4v) is 1.80. The average Bonchev–Trinajstić information content (AvgIpc) is 2.23. The molecule has 0 amide bonds. The van der Waals surface area contributed by atoms with E-state index in [4.69, 9.17) is 0 Å². The van der Waals surface area contributed by atoms with Crippen LogP contribution in [0.5, 0.6) is 0 Å². The van der Waals surface area contributed by atoms with Gasteiger partial charge in [-0.05, 0) is 5.56 Å². The first-order valence-corrected chi connectivity index (χ1v) is 5.12. The van der Waals surface area contributed by atoms with E-state index in [0.717, 1.165) is 32.5 Å². The number of ketones is 1. The summed E-state index contributed by atoms with van der Waals surface area (Å²) in [5.41, 5.74) is 1.34. The van der Waals surface area contributed by atoms with E-state index in [1.807, 2.05) is 6.07 Å². The van der Waals surface area contributed by atoms with Crippen molar-refractivity contribution in [3.8, 4) is 0 Å². The number of hydrogen-bond acceptors (Lipinski definition) is 2. The van der Waals surface area contributed by atoms with E-state index in [-0.39, 0.29) is 12.4 Å². The van der Waals surface area contributed by atoms with Crippen LogP contribution in [0.25, 0.3) is 0 Å². The molecular formula is C12H16ClNO. The summed E-state index contributed by atoms with van der Waals surface area (Å²) in [7, 11) is 0. The maximum absolute atomic E-state index is 11.0. The number of carbonyl (C=O) groups excluding carboxylic acids is 1. The quantitative estimate of drug-likeness (QED) is 0.770. The van der Waals surface area contributed by atoms with Crippen molar-refractivity contribution in [3.05, 3.63) is 35.9 Å². The maximum Gasteiger partial charge on any atom is 0.135 e. The molecule has 1 aromatic rings. The molecule has 1 saturated heterocycles. The van der Waals surface area contributed by atoms with Crippen LogP contribution < -0.4 is 0 Å². The molecule has 0 aromatic heterocycles. The van der Waals surface area contributed by atoms with Crippen LogP contribution in [0, 0.1) is 0 Å². The van der Waals surface area contributed by atoms with E-state index in [2.05, 4.69) is 29.2 Å². The van der Waals surface area contributed by atoms with E-state index in [1.165, 1.54) is 5.56 Å². The fourth-order valence-electron chi connectivity index (χ4n) is 1.80. The summed E-state index contributed by atoms with van der Waals surface area (Å²) in [6, 6.07) is 10.4. The number of halogens is 1. The zero-order valence-corrected chi connectivity index (χ0v) is 9.50. The van der Waals surface area contributed by atoms with Gasteiger partial charge in [-0.2, -0.15) is 0 Å². The van der Waals surface area contributed by atoms with Gasteiger partial charge in [0, 0.05) is 32.5 Å². The Morgan fingerprint density at radius 3 is 2.27 bits per heavy atom. The van der Waals surface area contributed by atoms with E-state index >= 15 is 0 Å². The first kappa shape index (κ1) is 12.2. The summed E-state index contributed by atoms with van der Waals surface area (Å²) < 4.78 is 0. The van der Waals surface area contributed by atoms with Crippen LogP contribution >= 0.6 is 12.4 Å². The van der Waals surface area contributed by atoms with Gasteiger partial charge in [-0.1, -0.05) is 30.3 Å². The van der Waals surface area contributed by atoms with Crippen LogP contribution in [0.4, 0.5) is 0 Å². The number of rotatable bonds is 2. The molecule has 2 rings (SSSR count). The van der Waals surface area contributed by atoms with Gasteiger partial charge in [-0.25, -0.2) is 0 Å². The summed E-state index contributed by atoms with van der Waals surface area (Å²) in [6.07, 6.45) is 1.46. The molecule has 1 fully saturated rings. The molecule has 1 aliphatic rings. The van der Waals surface area contributed by atoms with Crippen molar-refractivity contribution in [1.82, 2.24) is 4.90 Å². The van der Waals surface area contributed by atoms with Gasteiger partial charge in [0.05, 0.1) is 0 Å². The Bertz CT molecular complexity index is 303. The zero-order chi connectivity index (χ0) is 9.80. The minimum absolute atomic E-state index is 0. The molecule has 1 aromatic carbocycles. The van der Waals surface area contributed by atoms with Gasteiger partial charge < -0.3 is 0 Å². The van der Waals surface area contributed by atoms with Crippen molar-refractivity contribution in [3.63, 3.8) is 0 Å². The standard InChI is InChI=1S/C12H15NO.ClH/c14-12-6-8-13(9-7-12)10-11-4-2-1-3-5-11;/h1-5H,6-10H2;1H. The molecule has 0 aliphatic carbocycles. The Morgan fingerprint density at radius 2 is 1.67 bits per heavy atom. The molecule has 0 unspecified atom stereocenters. The van der Waals surface area contributed by atoms with Crippen LogP contribution in [0.1, 0.15) is 18.4 Å². The third-order valence-electron chi connectivity index (χ3n) is 2.66. The number of piperidine rings is 1. The summed E-state index contributed by atoms with van der Waals surface area (Å²) in [4.78, 5) is 13.4. The Kier molecular flexibility index (Phi) is 4.79. The van der Waals surface area contributed by atoms with Crippen LogP contribution in [-0.2, 0) is 11.3 Å². The first-order chi connectivity index (χ1) is 6.84. The van der Waals surface area contributed by atoms with Crippen LogP contribution in [0.2, 0.25) is 0 Å². The second kappa shape index (κ2) is 5.89. The van der Waals surface area contributed by atoms with Gasteiger partial charge in [0.1, 0.15) is 5.78 Å². The van der Waals surface area contributed by atoms with Gasteiger partial charge in [0.15, 0.2) is 0 Å². The third-order valence-corrected chi connectivity index (χ3v) is 2.66. The molecule has 15 heavy (non-hydrogen) atoms. The summed E-state index contributed by atoms with van der Waals surface area (Å²) in [5.74, 6) is 0.411. The number of likely N-dealkylation sites (tertiary alicyclic amines) is 1. The second-order valence-electron chi connectivity index (χ2n) is 3.80. The summed E-state index contributed by atoms with van der Waals surface area (Å²) >= 11 is 0. The zero-order valence-electron chi connectivity index (χ0n) is 8.69. The van der Waals surface area contributed by atoms with Crippen molar-refractivity contribution in [2.24, 2.45) is 0 Å². The summed E-state index contributed by atoms with van der Waals surface area (Å²) in [5, 5.41) is 0. The molecule has 0 bridgehead atoms. The monoisotopic (exact) mass is 225 g/mol.